The van der Waals surface area contributed by atoms with Crippen molar-refractivity contribution in [1.29, 1.82) is 0 Å². The van der Waals surface area contributed by atoms with Crippen LogP contribution in [0, 0.1) is 0 Å². The first-order valence-electron chi connectivity index (χ1n) is 4.25. The molecular weight excluding hydrogens is 305 g/mol. The second-order valence-corrected chi connectivity index (χ2v) is 4.02. The van der Waals surface area contributed by atoms with Crippen LogP contribution in [0.15, 0.2) is 34.4 Å². The lowest BCUT2D eigenvalue weighted by molar-refractivity contribution is 0.414. The van der Waals surface area contributed by atoms with Crippen LogP contribution in [0.25, 0.3) is 5.76 Å². The Morgan fingerprint density at radius 3 is 2.80 bits per heavy atom. The van der Waals surface area contributed by atoms with E-state index in [1.165, 1.54) is 0 Å². The minimum atomic E-state index is 0.113. The lowest BCUT2D eigenvalue weighted by Crippen LogP contribution is -1.95. The summed E-state index contributed by atoms with van der Waals surface area (Å²) in [7, 11) is 1.56. The molecule has 0 aliphatic carbocycles. The lowest BCUT2D eigenvalue weighted by Gasteiger charge is -2.08. The van der Waals surface area contributed by atoms with Crippen LogP contribution in [-0.2, 0) is 0 Å². The van der Waals surface area contributed by atoms with Crippen molar-refractivity contribution in [3.05, 3.63) is 40.0 Å². The van der Waals surface area contributed by atoms with Crippen LogP contribution in [0.2, 0.25) is 0 Å². The minimum Gasteiger partial charge on any atom is -0.506 e. The molecule has 0 heterocycles. The average Bonchev–Trinajstić information content (AvgIpc) is 2.27. The Morgan fingerprint density at radius 2 is 2.27 bits per heavy atom. The van der Waals surface area contributed by atoms with Crippen molar-refractivity contribution >= 4 is 34.0 Å². The third-order valence-corrected chi connectivity index (χ3v) is 2.87. The van der Waals surface area contributed by atoms with E-state index in [1.807, 2.05) is 22.6 Å². The van der Waals surface area contributed by atoms with Crippen molar-refractivity contribution in [3.63, 3.8) is 0 Å². The van der Waals surface area contributed by atoms with Gasteiger partial charge < -0.3 is 15.6 Å². The van der Waals surface area contributed by atoms with E-state index in [1.54, 1.807) is 31.4 Å². The van der Waals surface area contributed by atoms with Gasteiger partial charge in [-0.3, -0.25) is 0 Å². The molecule has 0 aromatic heterocycles. The van der Waals surface area contributed by atoms with Crippen molar-refractivity contribution in [3.8, 4) is 5.75 Å². The van der Waals surface area contributed by atoms with Gasteiger partial charge in [0.05, 0.1) is 10.7 Å². The molecule has 0 atom stereocenters. The molecule has 0 spiro atoms. The van der Waals surface area contributed by atoms with Crippen LogP contribution in [0.4, 0.5) is 5.69 Å². The summed E-state index contributed by atoms with van der Waals surface area (Å²) >= 11 is 1.99. The number of aliphatic hydroxyl groups is 1. The van der Waals surface area contributed by atoms with Crippen LogP contribution in [0.5, 0.6) is 5.75 Å². The smallest absolute Gasteiger partial charge is 0.138 e. The molecular formula is C11H12INO2. The Morgan fingerprint density at radius 1 is 1.60 bits per heavy atom. The Labute approximate surface area is 102 Å². The molecule has 1 rings (SSSR count). The molecule has 0 amide bonds. The highest BCUT2D eigenvalue weighted by Gasteiger charge is 2.08. The minimum absolute atomic E-state index is 0.113. The van der Waals surface area contributed by atoms with Crippen molar-refractivity contribution in [1.82, 2.24) is 0 Å². The second kappa shape index (κ2) is 5.06. The molecule has 80 valence electrons. The number of hydrogen-bond acceptors (Lipinski definition) is 3. The van der Waals surface area contributed by atoms with Crippen LogP contribution >= 0.6 is 22.6 Å². The third kappa shape index (κ3) is 2.65. The monoisotopic (exact) mass is 317 g/mol. The predicted molar refractivity (Wildman–Crippen MR) is 71.2 cm³/mol. The molecule has 15 heavy (non-hydrogen) atoms. The largest absolute Gasteiger partial charge is 0.506 e. The number of anilines is 1. The van der Waals surface area contributed by atoms with Gasteiger partial charge in [-0.2, -0.15) is 0 Å². The van der Waals surface area contributed by atoms with E-state index in [9.17, 15) is 5.11 Å². The van der Waals surface area contributed by atoms with Gasteiger partial charge in [0.2, 0.25) is 0 Å². The number of halogens is 1. The number of nitrogen functional groups attached to an aromatic ring is 1. The fourth-order valence-corrected chi connectivity index (χ4v) is 1.38. The van der Waals surface area contributed by atoms with Crippen molar-refractivity contribution in [2.75, 3.05) is 12.8 Å². The van der Waals surface area contributed by atoms with E-state index < -0.39 is 0 Å². The zero-order valence-electron chi connectivity index (χ0n) is 8.33. The molecule has 0 aliphatic rings. The van der Waals surface area contributed by atoms with Gasteiger partial charge in [0.15, 0.2) is 0 Å². The number of methoxy groups -OCH3 is 1. The fourth-order valence-electron chi connectivity index (χ4n) is 1.09. The van der Waals surface area contributed by atoms with Gasteiger partial charge in [0.1, 0.15) is 11.5 Å². The first-order valence-corrected chi connectivity index (χ1v) is 5.33. The molecule has 0 radical (unpaired) electrons. The van der Waals surface area contributed by atoms with Crippen LogP contribution in [0.3, 0.4) is 0 Å². The zero-order valence-corrected chi connectivity index (χ0v) is 10.5. The van der Waals surface area contributed by atoms with Crippen LogP contribution < -0.4 is 10.5 Å². The Balaban J connectivity index is 3.30. The van der Waals surface area contributed by atoms with Gasteiger partial charge in [-0.25, -0.2) is 0 Å². The van der Waals surface area contributed by atoms with E-state index in [4.69, 9.17) is 10.5 Å². The molecule has 4 heteroatoms. The number of benzene rings is 1. The summed E-state index contributed by atoms with van der Waals surface area (Å²) in [4.78, 5) is 0. The molecule has 3 N–H and O–H groups in total. The third-order valence-electron chi connectivity index (χ3n) is 1.92. The summed E-state index contributed by atoms with van der Waals surface area (Å²) in [5.74, 6) is 0.765. The fraction of sp³-hybridized carbons (Fsp3) is 0.0909. The lowest BCUT2D eigenvalue weighted by atomic mass is 10.1. The SMILES string of the molecule is C=C/C(I)=C(/O)c1cc(OC)ccc1N. The zero-order chi connectivity index (χ0) is 11.4. The highest BCUT2D eigenvalue weighted by Crippen LogP contribution is 2.29. The number of hydrogen-bond donors (Lipinski definition) is 2. The Hall–Kier alpha value is -1.17. The highest BCUT2D eigenvalue weighted by atomic mass is 127. The Kier molecular flexibility index (Phi) is 4.02. The standard InChI is InChI=1S/C11H12INO2/c1-3-9(12)11(14)8-6-7(15-2)4-5-10(8)13/h3-6,14H,1,13H2,2H3/b11-9-. The Bertz CT molecular complexity index is 413. The molecule has 1 aromatic rings. The first kappa shape index (κ1) is 11.9. The van der Waals surface area contributed by atoms with Gasteiger partial charge >= 0.3 is 0 Å². The molecule has 0 saturated heterocycles. The molecule has 0 saturated carbocycles. The quantitative estimate of drug-likeness (QED) is 0.390. The second-order valence-electron chi connectivity index (χ2n) is 2.85. The number of aliphatic hydroxyl groups excluding tert-OH is 1. The van der Waals surface area contributed by atoms with Crippen LogP contribution in [0.1, 0.15) is 5.56 Å². The van der Waals surface area contributed by atoms with Gasteiger partial charge in [0, 0.05) is 11.3 Å². The van der Waals surface area contributed by atoms with E-state index in [-0.39, 0.29) is 5.76 Å². The summed E-state index contributed by atoms with van der Waals surface area (Å²) in [6, 6.07) is 5.12. The topological polar surface area (TPSA) is 55.5 Å². The summed E-state index contributed by atoms with van der Waals surface area (Å²) in [6.45, 7) is 3.58. The van der Waals surface area contributed by atoms with Gasteiger partial charge in [-0.1, -0.05) is 12.7 Å². The molecule has 0 fully saturated rings. The number of rotatable bonds is 3. The molecule has 1 aromatic carbocycles. The van der Waals surface area contributed by atoms with Crippen molar-refractivity contribution in [2.24, 2.45) is 0 Å². The summed E-state index contributed by atoms with van der Waals surface area (Å²) in [6.07, 6.45) is 1.56. The average molecular weight is 317 g/mol. The molecule has 0 unspecified atom stereocenters. The van der Waals surface area contributed by atoms with E-state index >= 15 is 0 Å². The predicted octanol–water partition coefficient (Wildman–Crippen LogP) is 3.13. The molecule has 0 aliphatic heterocycles. The van der Waals surface area contributed by atoms with Crippen molar-refractivity contribution in [2.45, 2.75) is 0 Å². The van der Waals surface area contributed by atoms with E-state index in [0.717, 1.165) is 0 Å². The number of ether oxygens (including phenoxy) is 1. The number of allylic oxidation sites excluding steroid dienone is 2. The normalized spacial score (nSPS) is 11.9. The maximum absolute atomic E-state index is 9.86. The summed E-state index contributed by atoms with van der Waals surface area (Å²) in [5, 5.41) is 9.86. The highest BCUT2D eigenvalue weighted by molar-refractivity contribution is 14.1. The van der Waals surface area contributed by atoms with Gasteiger partial charge in [0.25, 0.3) is 0 Å². The van der Waals surface area contributed by atoms with Crippen molar-refractivity contribution < 1.29 is 9.84 Å². The summed E-state index contributed by atoms with van der Waals surface area (Å²) in [5.41, 5.74) is 6.81. The maximum Gasteiger partial charge on any atom is 0.138 e. The maximum atomic E-state index is 9.86. The van der Waals surface area contributed by atoms with Gasteiger partial charge in [-0.05, 0) is 40.8 Å². The van der Waals surface area contributed by atoms with Crippen LogP contribution in [-0.4, -0.2) is 12.2 Å². The van der Waals surface area contributed by atoms with E-state index in [2.05, 4.69) is 6.58 Å². The molecule has 3 nitrogen and oxygen atoms in total. The first-order chi connectivity index (χ1) is 7.10. The van der Waals surface area contributed by atoms with Gasteiger partial charge in [-0.15, -0.1) is 0 Å². The summed E-state index contributed by atoms with van der Waals surface area (Å²) < 4.78 is 5.70. The molecule has 0 bridgehead atoms. The number of nitrogens with two attached hydrogens (primary N) is 1. The van der Waals surface area contributed by atoms with E-state index in [0.29, 0.717) is 20.6 Å².